The third kappa shape index (κ3) is 2.88. The second kappa shape index (κ2) is 6.20. The van der Waals surface area contributed by atoms with Crippen LogP contribution in [0.25, 0.3) is 16.9 Å². The van der Waals surface area contributed by atoms with Gasteiger partial charge in [0.1, 0.15) is 5.75 Å². The van der Waals surface area contributed by atoms with Gasteiger partial charge in [0.2, 0.25) is 0 Å². The molecule has 0 fully saturated rings. The van der Waals surface area contributed by atoms with Gasteiger partial charge in [0.25, 0.3) is 0 Å². The van der Waals surface area contributed by atoms with E-state index < -0.39 is 5.97 Å². The van der Waals surface area contributed by atoms with E-state index in [2.05, 4.69) is 11.2 Å². The van der Waals surface area contributed by atoms with Crippen molar-refractivity contribution in [2.24, 2.45) is 0 Å². The van der Waals surface area contributed by atoms with Crippen LogP contribution in [0.2, 0.25) is 0 Å². The molecule has 2 aromatic carbocycles. The molecule has 1 N–H and O–H groups in total. The second-order valence-corrected chi connectivity index (χ2v) is 5.65. The lowest BCUT2D eigenvalue weighted by atomic mass is 10.0. The number of aromatic nitrogens is 2. The molecule has 122 valence electrons. The highest BCUT2D eigenvalue weighted by Gasteiger charge is 2.17. The normalized spacial score (nSPS) is 10.6. The van der Waals surface area contributed by atoms with Crippen LogP contribution in [0.5, 0.6) is 5.75 Å². The average molecular weight is 322 g/mol. The van der Waals surface area contributed by atoms with Crippen LogP contribution >= 0.6 is 0 Å². The van der Waals surface area contributed by atoms with E-state index in [0.717, 1.165) is 28.1 Å². The van der Waals surface area contributed by atoms with Crippen LogP contribution in [0.4, 0.5) is 0 Å². The molecule has 0 amide bonds. The third-order valence-electron chi connectivity index (χ3n) is 3.88. The van der Waals surface area contributed by atoms with E-state index in [0.29, 0.717) is 5.75 Å². The number of aromatic carboxylic acids is 1. The minimum atomic E-state index is -1.05. The number of carboxylic acid groups (broad SMARTS) is 1. The predicted molar refractivity (Wildman–Crippen MR) is 92.0 cm³/mol. The molecule has 1 aromatic heterocycles. The standard InChI is InChI=1S/C19H18N2O3/c1-12-7-8-16(13(2)9-12)18-11-17(19(22)23)20-21(18)14-5-4-6-15(10-14)24-3/h4-11H,1-3H3,(H,22,23). The van der Waals surface area contributed by atoms with Gasteiger partial charge in [-0.2, -0.15) is 5.10 Å². The molecular formula is C19H18N2O3. The SMILES string of the molecule is COc1cccc(-n2nc(C(=O)O)cc2-c2ccc(C)cc2C)c1. The van der Waals surface area contributed by atoms with Crippen molar-refractivity contribution >= 4 is 5.97 Å². The predicted octanol–water partition coefficient (Wildman–Crippen LogP) is 3.86. The summed E-state index contributed by atoms with van der Waals surface area (Å²) >= 11 is 0. The molecule has 24 heavy (non-hydrogen) atoms. The Labute approximate surface area is 140 Å². The first kappa shape index (κ1) is 15.8. The molecule has 0 unspecified atom stereocenters. The summed E-state index contributed by atoms with van der Waals surface area (Å²) in [5.74, 6) is -0.367. The van der Waals surface area contributed by atoms with Gasteiger partial charge >= 0.3 is 5.97 Å². The molecular weight excluding hydrogens is 304 g/mol. The Bertz CT molecular complexity index is 913. The van der Waals surface area contributed by atoms with Gasteiger partial charge in [-0.3, -0.25) is 0 Å². The van der Waals surface area contributed by atoms with Gasteiger partial charge < -0.3 is 9.84 Å². The summed E-state index contributed by atoms with van der Waals surface area (Å²) in [6.45, 7) is 4.03. The molecule has 3 aromatic rings. The highest BCUT2D eigenvalue weighted by Crippen LogP contribution is 2.28. The second-order valence-electron chi connectivity index (χ2n) is 5.65. The maximum Gasteiger partial charge on any atom is 0.356 e. The van der Waals surface area contributed by atoms with E-state index in [1.807, 2.05) is 50.2 Å². The Balaban J connectivity index is 2.23. The van der Waals surface area contributed by atoms with E-state index in [-0.39, 0.29) is 5.69 Å². The average Bonchev–Trinajstić information content (AvgIpc) is 3.00. The van der Waals surface area contributed by atoms with Gasteiger partial charge in [0.15, 0.2) is 5.69 Å². The van der Waals surface area contributed by atoms with Crippen molar-refractivity contribution in [1.29, 1.82) is 0 Å². The van der Waals surface area contributed by atoms with Crippen molar-refractivity contribution in [1.82, 2.24) is 9.78 Å². The highest BCUT2D eigenvalue weighted by molar-refractivity contribution is 5.87. The number of hydrogen-bond donors (Lipinski definition) is 1. The Morgan fingerprint density at radius 3 is 2.58 bits per heavy atom. The summed E-state index contributed by atoms with van der Waals surface area (Å²) in [6.07, 6.45) is 0. The largest absolute Gasteiger partial charge is 0.497 e. The fraction of sp³-hybridized carbons (Fsp3) is 0.158. The van der Waals surface area contributed by atoms with Crippen molar-refractivity contribution in [3.8, 4) is 22.7 Å². The summed E-state index contributed by atoms with van der Waals surface area (Å²) in [6, 6.07) is 15.0. The molecule has 0 saturated heterocycles. The summed E-state index contributed by atoms with van der Waals surface area (Å²) < 4.78 is 6.90. The Morgan fingerprint density at radius 1 is 1.12 bits per heavy atom. The molecule has 0 aliphatic rings. The van der Waals surface area contributed by atoms with E-state index in [4.69, 9.17) is 4.74 Å². The third-order valence-corrected chi connectivity index (χ3v) is 3.88. The number of nitrogens with zero attached hydrogens (tertiary/aromatic N) is 2. The van der Waals surface area contributed by atoms with E-state index in [1.165, 1.54) is 0 Å². The topological polar surface area (TPSA) is 64.4 Å². The number of benzene rings is 2. The van der Waals surface area contributed by atoms with Crippen LogP contribution in [0.15, 0.2) is 48.5 Å². The molecule has 0 atom stereocenters. The molecule has 0 aliphatic carbocycles. The fourth-order valence-corrected chi connectivity index (χ4v) is 2.72. The maximum atomic E-state index is 11.4. The summed E-state index contributed by atoms with van der Waals surface area (Å²) in [4.78, 5) is 11.4. The van der Waals surface area contributed by atoms with Gasteiger partial charge in [0.05, 0.1) is 18.5 Å². The molecule has 0 radical (unpaired) electrons. The van der Waals surface area contributed by atoms with Crippen molar-refractivity contribution in [2.75, 3.05) is 7.11 Å². The minimum Gasteiger partial charge on any atom is -0.497 e. The van der Waals surface area contributed by atoms with Crippen LogP contribution in [0, 0.1) is 13.8 Å². The lowest BCUT2D eigenvalue weighted by molar-refractivity contribution is 0.0690. The summed E-state index contributed by atoms with van der Waals surface area (Å²) in [5.41, 5.74) is 4.66. The molecule has 0 spiro atoms. The number of hydrogen-bond acceptors (Lipinski definition) is 3. The molecule has 5 nitrogen and oxygen atoms in total. The molecule has 3 rings (SSSR count). The Hall–Kier alpha value is -3.08. The number of carbonyl (C=O) groups is 1. The van der Waals surface area contributed by atoms with Crippen LogP contribution in [-0.4, -0.2) is 28.0 Å². The highest BCUT2D eigenvalue weighted by atomic mass is 16.5. The Kier molecular flexibility index (Phi) is 4.08. The monoisotopic (exact) mass is 322 g/mol. The van der Waals surface area contributed by atoms with Crippen molar-refractivity contribution < 1.29 is 14.6 Å². The molecule has 0 saturated carbocycles. The van der Waals surface area contributed by atoms with Crippen LogP contribution in [0.1, 0.15) is 21.6 Å². The number of aryl methyl sites for hydroxylation is 2. The van der Waals surface area contributed by atoms with Gasteiger partial charge in [0, 0.05) is 11.6 Å². The minimum absolute atomic E-state index is 0.00722. The van der Waals surface area contributed by atoms with Gasteiger partial charge in [-0.1, -0.05) is 29.8 Å². The first-order valence-electron chi connectivity index (χ1n) is 7.55. The zero-order valence-electron chi connectivity index (χ0n) is 13.8. The van der Waals surface area contributed by atoms with Crippen molar-refractivity contribution in [3.63, 3.8) is 0 Å². The van der Waals surface area contributed by atoms with E-state index >= 15 is 0 Å². The molecule has 0 bridgehead atoms. The molecule has 1 heterocycles. The lowest BCUT2D eigenvalue weighted by Crippen LogP contribution is -2.03. The molecule has 5 heteroatoms. The van der Waals surface area contributed by atoms with Gasteiger partial charge in [-0.15, -0.1) is 0 Å². The lowest BCUT2D eigenvalue weighted by Gasteiger charge is -2.11. The number of ether oxygens (including phenoxy) is 1. The zero-order valence-corrected chi connectivity index (χ0v) is 13.8. The molecule has 0 aliphatic heterocycles. The van der Waals surface area contributed by atoms with Crippen molar-refractivity contribution in [2.45, 2.75) is 13.8 Å². The van der Waals surface area contributed by atoms with E-state index in [9.17, 15) is 9.90 Å². The first-order chi connectivity index (χ1) is 11.5. The van der Waals surface area contributed by atoms with Gasteiger partial charge in [-0.25, -0.2) is 9.48 Å². The van der Waals surface area contributed by atoms with Crippen LogP contribution in [-0.2, 0) is 0 Å². The fourth-order valence-electron chi connectivity index (χ4n) is 2.72. The van der Waals surface area contributed by atoms with Gasteiger partial charge in [-0.05, 0) is 37.6 Å². The summed E-state index contributed by atoms with van der Waals surface area (Å²) in [7, 11) is 1.59. The quantitative estimate of drug-likeness (QED) is 0.792. The van der Waals surface area contributed by atoms with E-state index in [1.54, 1.807) is 17.9 Å². The number of methoxy groups -OCH3 is 1. The number of carboxylic acids is 1. The Morgan fingerprint density at radius 2 is 1.92 bits per heavy atom. The van der Waals surface area contributed by atoms with Crippen LogP contribution < -0.4 is 4.74 Å². The van der Waals surface area contributed by atoms with Crippen LogP contribution in [0.3, 0.4) is 0 Å². The van der Waals surface area contributed by atoms with Crippen molar-refractivity contribution in [3.05, 3.63) is 65.4 Å². The smallest absolute Gasteiger partial charge is 0.356 e. The zero-order chi connectivity index (χ0) is 17.3. The first-order valence-corrected chi connectivity index (χ1v) is 7.55. The maximum absolute atomic E-state index is 11.4. The number of rotatable bonds is 4. The summed E-state index contributed by atoms with van der Waals surface area (Å²) in [5, 5.41) is 13.6.